The number of nitrogens with zero attached hydrogens (tertiary/aromatic N) is 1. The molecule has 0 aliphatic heterocycles. The van der Waals surface area contributed by atoms with E-state index in [1.807, 2.05) is 6.92 Å². The molecule has 0 heterocycles. The molecule has 2 nitrogen and oxygen atoms in total. The van der Waals surface area contributed by atoms with E-state index in [2.05, 4.69) is 18.9 Å². The summed E-state index contributed by atoms with van der Waals surface area (Å²) in [6.45, 7) is 6.89. The molecule has 3 heteroatoms. The first kappa shape index (κ1) is 12.2. The van der Waals surface area contributed by atoms with Crippen LogP contribution in [0.15, 0.2) is 0 Å². The van der Waals surface area contributed by atoms with E-state index >= 15 is 0 Å². The van der Waals surface area contributed by atoms with Gasteiger partial charge in [-0.15, -0.1) is 11.6 Å². The van der Waals surface area contributed by atoms with Crippen molar-refractivity contribution in [2.45, 2.75) is 26.3 Å². The minimum Gasteiger partial charge on any atom is -0.382 e. The van der Waals surface area contributed by atoms with Crippen molar-refractivity contribution in [3.05, 3.63) is 0 Å². The van der Waals surface area contributed by atoms with Crippen LogP contribution in [0.4, 0.5) is 0 Å². The normalized spacial score (nSPS) is 13.8. The fraction of sp³-hybridized carbons (Fsp3) is 1.00. The van der Waals surface area contributed by atoms with Crippen molar-refractivity contribution < 1.29 is 4.74 Å². The molecule has 1 unspecified atom stereocenters. The van der Waals surface area contributed by atoms with E-state index in [1.54, 1.807) is 0 Å². The quantitative estimate of drug-likeness (QED) is 0.453. The van der Waals surface area contributed by atoms with Crippen LogP contribution >= 0.6 is 11.6 Å². The zero-order chi connectivity index (χ0) is 9.40. The summed E-state index contributed by atoms with van der Waals surface area (Å²) in [4.78, 5) is 2.26. The van der Waals surface area contributed by atoms with E-state index in [1.165, 1.54) is 0 Å². The molecule has 0 fully saturated rings. The van der Waals surface area contributed by atoms with Crippen molar-refractivity contribution in [1.29, 1.82) is 0 Å². The molecule has 0 spiro atoms. The number of rotatable bonds is 7. The average molecular weight is 194 g/mol. The second-order valence-electron chi connectivity index (χ2n) is 3.03. The van der Waals surface area contributed by atoms with Crippen LogP contribution < -0.4 is 0 Å². The van der Waals surface area contributed by atoms with Crippen LogP contribution in [0.1, 0.15) is 20.3 Å². The van der Waals surface area contributed by atoms with Crippen molar-refractivity contribution in [2.24, 2.45) is 0 Å². The number of halogens is 1. The maximum absolute atomic E-state index is 5.71. The van der Waals surface area contributed by atoms with Gasteiger partial charge in [0.05, 0.1) is 0 Å². The van der Waals surface area contributed by atoms with Crippen LogP contribution in [-0.2, 0) is 4.74 Å². The van der Waals surface area contributed by atoms with E-state index in [0.29, 0.717) is 11.9 Å². The second-order valence-corrected chi connectivity index (χ2v) is 3.34. The Bertz CT molecular complexity index is 101. The highest BCUT2D eigenvalue weighted by molar-refractivity contribution is 6.18. The molecular weight excluding hydrogens is 174 g/mol. The molecule has 0 bridgehead atoms. The molecule has 0 saturated heterocycles. The summed E-state index contributed by atoms with van der Waals surface area (Å²) in [6, 6.07) is 0.466. The third kappa shape index (κ3) is 5.81. The summed E-state index contributed by atoms with van der Waals surface area (Å²) < 4.78 is 5.24. The molecule has 0 amide bonds. The van der Waals surface area contributed by atoms with Gasteiger partial charge in [-0.25, -0.2) is 0 Å². The third-order valence-electron chi connectivity index (χ3n) is 1.98. The summed E-state index contributed by atoms with van der Waals surface area (Å²) in [5.41, 5.74) is 0. The van der Waals surface area contributed by atoms with Crippen molar-refractivity contribution in [3.8, 4) is 0 Å². The van der Waals surface area contributed by atoms with Gasteiger partial charge in [0.1, 0.15) is 0 Å². The topological polar surface area (TPSA) is 12.5 Å². The Hall–Kier alpha value is 0.210. The molecule has 0 N–H and O–H groups in total. The van der Waals surface area contributed by atoms with E-state index in [9.17, 15) is 0 Å². The fourth-order valence-electron chi connectivity index (χ4n) is 0.899. The van der Waals surface area contributed by atoms with Gasteiger partial charge in [0, 0.05) is 31.7 Å². The number of hydrogen-bond acceptors (Lipinski definition) is 2. The Morgan fingerprint density at radius 1 is 1.50 bits per heavy atom. The van der Waals surface area contributed by atoms with Crippen molar-refractivity contribution in [1.82, 2.24) is 4.90 Å². The maximum Gasteiger partial charge on any atom is 0.0478 e. The molecule has 0 saturated carbocycles. The highest BCUT2D eigenvalue weighted by Gasteiger charge is 2.05. The summed E-state index contributed by atoms with van der Waals surface area (Å²) in [5, 5.41) is 0. The SMILES string of the molecule is CCOCCCN(C)C(C)CCl. The molecule has 0 rings (SSSR count). The lowest BCUT2D eigenvalue weighted by molar-refractivity contribution is 0.132. The standard InChI is InChI=1S/C9H20ClNO/c1-4-12-7-5-6-11(3)9(2)8-10/h9H,4-8H2,1-3H3. The van der Waals surface area contributed by atoms with Gasteiger partial charge in [0.25, 0.3) is 0 Å². The van der Waals surface area contributed by atoms with Gasteiger partial charge in [-0.1, -0.05) is 0 Å². The first-order valence-electron chi connectivity index (χ1n) is 4.56. The largest absolute Gasteiger partial charge is 0.382 e. The minimum atomic E-state index is 0.466. The average Bonchev–Trinajstić information content (AvgIpc) is 2.10. The number of alkyl halides is 1. The minimum absolute atomic E-state index is 0.466. The van der Waals surface area contributed by atoms with Gasteiger partial charge in [0.15, 0.2) is 0 Å². The monoisotopic (exact) mass is 193 g/mol. The van der Waals surface area contributed by atoms with Gasteiger partial charge >= 0.3 is 0 Å². The van der Waals surface area contributed by atoms with E-state index in [4.69, 9.17) is 16.3 Å². The number of ether oxygens (including phenoxy) is 1. The molecule has 74 valence electrons. The predicted molar refractivity (Wildman–Crippen MR) is 53.9 cm³/mol. The summed E-state index contributed by atoms with van der Waals surface area (Å²) in [7, 11) is 2.10. The van der Waals surface area contributed by atoms with Crippen molar-refractivity contribution in [2.75, 3.05) is 32.7 Å². The maximum atomic E-state index is 5.71. The summed E-state index contributed by atoms with van der Waals surface area (Å²) in [5.74, 6) is 0.700. The Labute approximate surface area is 80.8 Å². The summed E-state index contributed by atoms with van der Waals surface area (Å²) in [6.07, 6.45) is 1.09. The predicted octanol–water partition coefficient (Wildman–Crippen LogP) is 1.97. The Morgan fingerprint density at radius 3 is 2.67 bits per heavy atom. The highest BCUT2D eigenvalue weighted by Crippen LogP contribution is 1.98. The van der Waals surface area contributed by atoms with Crippen molar-refractivity contribution >= 4 is 11.6 Å². The molecule has 0 radical (unpaired) electrons. The van der Waals surface area contributed by atoms with Crippen LogP contribution in [-0.4, -0.2) is 43.6 Å². The van der Waals surface area contributed by atoms with Gasteiger partial charge in [-0.2, -0.15) is 0 Å². The smallest absolute Gasteiger partial charge is 0.0478 e. The molecular formula is C9H20ClNO. The zero-order valence-electron chi connectivity index (χ0n) is 8.35. The van der Waals surface area contributed by atoms with E-state index < -0.39 is 0 Å². The molecule has 0 aliphatic carbocycles. The fourth-order valence-corrected chi connectivity index (χ4v) is 1.13. The Kier molecular flexibility index (Phi) is 7.98. The lowest BCUT2D eigenvalue weighted by atomic mass is 10.3. The molecule has 0 aromatic carbocycles. The first-order valence-corrected chi connectivity index (χ1v) is 5.09. The Balaban J connectivity index is 3.24. The molecule has 1 atom stereocenters. The van der Waals surface area contributed by atoms with Crippen LogP contribution in [0.2, 0.25) is 0 Å². The highest BCUT2D eigenvalue weighted by atomic mass is 35.5. The lowest BCUT2D eigenvalue weighted by Gasteiger charge is -2.22. The van der Waals surface area contributed by atoms with Crippen LogP contribution in [0.25, 0.3) is 0 Å². The third-order valence-corrected chi connectivity index (χ3v) is 2.43. The van der Waals surface area contributed by atoms with Crippen LogP contribution in [0, 0.1) is 0 Å². The molecule has 0 aliphatic rings. The van der Waals surface area contributed by atoms with Crippen LogP contribution in [0.3, 0.4) is 0 Å². The van der Waals surface area contributed by atoms with Crippen molar-refractivity contribution in [3.63, 3.8) is 0 Å². The molecule has 0 aromatic rings. The summed E-state index contributed by atoms with van der Waals surface area (Å²) >= 11 is 5.71. The van der Waals surface area contributed by atoms with Gasteiger partial charge in [-0.3, -0.25) is 0 Å². The van der Waals surface area contributed by atoms with E-state index in [-0.39, 0.29) is 0 Å². The molecule has 12 heavy (non-hydrogen) atoms. The van der Waals surface area contributed by atoms with E-state index in [0.717, 1.165) is 26.2 Å². The number of hydrogen-bond donors (Lipinski definition) is 0. The molecule has 0 aromatic heterocycles. The second kappa shape index (κ2) is 7.84. The van der Waals surface area contributed by atoms with Gasteiger partial charge < -0.3 is 9.64 Å². The Morgan fingerprint density at radius 2 is 2.17 bits per heavy atom. The van der Waals surface area contributed by atoms with Gasteiger partial charge in [0.2, 0.25) is 0 Å². The zero-order valence-corrected chi connectivity index (χ0v) is 9.10. The lowest BCUT2D eigenvalue weighted by Crippen LogP contribution is -2.31. The van der Waals surface area contributed by atoms with Crippen LogP contribution in [0.5, 0.6) is 0 Å². The van der Waals surface area contributed by atoms with Gasteiger partial charge in [-0.05, 0) is 27.3 Å². The first-order chi connectivity index (χ1) is 5.72.